The molecular formula is C10H14Cl2N2S2. The van der Waals surface area contributed by atoms with Gasteiger partial charge in [-0.2, -0.15) is 11.8 Å². The van der Waals surface area contributed by atoms with Gasteiger partial charge in [-0.25, -0.2) is 4.98 Å². The van der Waals surface area contributed by atoms with Gasteiger partial charge in [0.05, 0.1) is 10.8 Å². The van der Waals surface area contributed by atoms with Crippen LogP contribution in [0.4, 0.5) is 5.13 Å². The van der Waals surface area contributed by atoms with E-state index in [0.29, 0.717) is 11.0 Å². The van der Waals surface area contributed by atoms with Crippen molar-refractivity contribution in [3.63, 3.8) is 0 Å². The predicted octanol–water partition coefficient (Wildman–Crippen LogP) is 3.87. The van der Waals surface area contributed by atoms with Crippen LogP contribution in [0.3, 0.4) is 0 Å². The third kappa shape index (κ3) is 2.78. The molecule has 0 aliphatic carbocycles. The van der Waals surface area contributed by atoms with E-state index >= 15 is 0 Å². The van der Waals surface area contributed by atoms with Gasteiger partial charge >= 0.3 is 0 Å². The van der Waals surface area contributed by atoms with E-state index in [4.69, 9.17) is 23.2 Å². The maximum absolute atomic E-state index is 6.02. The third-order valence-corrected chi connectivity index (χ3v) is 5.96. The van der Waals surface area contributed by atoms with Crippen LogP contribution in [-0.2, 0) is 5.88 Å². The monoisotopic (exact) mass is 296 g/mol. The first kappa shape index (κ1) is 12.8. The summed E-state index contributed by atoms with van der Waals surface area (Å²) in [6.07, 6.45) is 1.21. The Morgan fingerprint density at radius 1 is 1.56 bits per heavy atom. The van der Waals surface area contributed by atoms with Crippen LogP contribution in [0.2, 0.25) is 5.15 Å². The third-order valence-electron chi connectivity index (χ3n) is 2.62. The van der Waals surface area contributed by atoms with E-state index in [9.17, 15) is 0 Å². The zero-order chi connectivity index (χ0) is 11.5. The van der Waals surface area contributed by atoms with Crippen LogP contribution in [0, 0.1) is 0 Å². The number of hydrogen-bond donors (Lipinski definition) is 0. The molecule has 1 aromatic heterocycles. The molecule has 1 aliphatic heterocycles. The number of nitrogens with zero attached hydrogens (tertiary/aromatic N) is 2. The van der Waals surface area contributed by atoms with E-state index in [1.54, 1.807) is 11.3 Å². The van der Waals surface area contributed by atoms with Gasteiger partial charge < -0.3 is 4.90 Å². The Morgan fingerprint density at radius 3 is 3.00 bits per heavy atom. The van der Waals surface area contributed by atoms with Gasteiger partial charge in [-0.05, 0) is 6.42 Å². The lowest BCUT2D eigenvalue weighted by Gasteiger charge is -2.31. The van der Waals surface area contributed by atoms with E-state index < -0.39 is 0 Å². The lowest BCUT2D eigenvalue weighted by atomic mass is 10.3. The summed E-state index contributed by atoms with van der Waals surface area (Å²) >= 11 is 15.5. The molecule has 0 amide bonds. The van der Waals surface area contributed by atoms with E-state index in [-0.39, 0.29) is 0 Å². The number of alkyl halides is 1. The highest BCUT2D eigenvalue weighted by Crippen LogP contribution is 2.33. The molecule has 0 bridgehead atoms. The highest BCUT2D eigenvalue weighted by Gasteiger charge is 2.22. The first-order chi connectivity index (χ1) is 7.74. The maximum atomic E-state index is 6.02. The molecule has 0 aromatic carbocycles. The van der Waals surface area contributed by atoms with E-state index in [2.05, 4.69) is 28.6 Å². The quantitative estimate of drug-likeness (QED) is 0.788. The largest absolute Gasteiger partial charge is 0.346 e. The van der Waals surface area contributed by atoms with E-state index in [1.807, 2.05) is 0 Å². The van der Waals surface area contributed by atoms with Crippen molar-refractivity contribution in [2.75, 3.05) is 23.7 Å². The summed E-state index contributed by atoms with van der Waals surface area (Å²) in [6, 6.07) is 0. The average molecular weight is 297 g/mol. The summed E-state index contributed by atoms with van der Waals surface area (Å²) < 4.78 is 0. The van der Waals surface area contributed by atoms with Crippen LogP contribution < -0.4 is 4.90 Å². The fourth-order valence-corrected chi connectivity index (χ4v) is 4.37. The Balaban J connectivity index is 2.10. The number of anilines is 1. The smallest absolute Gasteiger partial charge is 0.187 e. The second-order valence-electron chi connectivity index (χ2n) is 3.69. The Labute approximate surface area is 114 Å². The fourth-order valence-electron chi connectivity index (χ4n) is 1.68. The summed E-state index contributed by atoms with van der Waals surface area (Å²) in [5.41, 5.74) is 0. The topological polar surface area (TPSA) is 16.1 Å². The first-order valence-corrected chi connectivity index (χ1v) is 8.10. The highest BCUT2D eigenvalue weighted by atomic mass is 35.5. The van der Waals surface area contributed by atoms with Crippen molar-refractivity contribution in [2.45, 2.75) is 24.5 Å². The Morgan fingerprint density at radius 2 is 2.38 bits per heavy atom. The molecule has 1 fully saturated rings. The molecule has 2 nitrogen and oxygen atoms in total. The van der Waals surface area contributed by atoms with Crippen molar-refractivity contribution in [3.8, 4) is 0 Å². The molecule has 1 unspecified atom stereocenters. The van der Waals surface area contributed by atoms with Gasteiger partial charge in [-0.15, -0.1) is 11.6 Å². The van der Waals surface area contributed by atoms with Gasteiger partial charge in [-0.3, -0.25) is 0 Å². The summed E-state index contributed by atoms with van der Waals surface area (Å²) in [5.74, 6) is 1.63. The number of halogens is 2. The van der Waals surface area contributed by atoms with Gasteiger partial charge in [0.15, 0.2) is 5.13 Å². The maximum Gasteiger partial charge on any atom is 0.187 e. The normalized spacial score (nSPS) is 21.4. The minimum atomic E-state index is 0.455. The fraction of sp³-hybridized carbons (Fsp3) is 0.700. The Bertz CT molecular complexity index is 357. The molecule has 0 N–H and O–H groups in total. The van der Waals surface area contributed by atoms with Crippen LogP contribution in [0.5, 0.6) is 0 Å². The summed E-state index contributed by atoms with van der Waals surface area (Å²) in [7, 11) is 0. The summed E-state index contributed by atoms with van der Waals surface area (Å²) in [6.45, 7) is 4.37. The SMILES string of the molecule is CCC1CN(c2nc(Cl)c(CCl)s2)CCS1. The van der Waals surface area contributed by atoms with E-state index in [0.717, 1.165) is 28.3 Å². The van der Waals surface area contributed by atoms with Crippen molar-refractivity contribution in [1.82, 2.24) is 4.98 Å². The van der Waals surface area contributed by atoms with Crippen LogP contribution in [-0.4, -0.2) is 29.1 Å². The predicted molar refractivity (Wildman–Crippen MR) is 75.4 cm³/mol. The van der Waals surface area contributed by atoms with Gasteiger partial charge in [0, 0.05) is 24.1 Å². The standard InChI is InChI=1S/C10H14Cl2N2S2/c1-2-7-6-14(3-4-15-7)10-13-9(12)8(5-11)16-10/h7H,2-6H2,1H3. The summed E-state index contributed by atoms with van der Waals surface area (Å²) in [5, 5.41) is 2.32. The number of rotatable bonds is 3. The van der Waals surface area contributed by atoms with Crippen LogP contribution in [0.25, 0.3) is 0 Å². The van der Waals surface area contributed by atoms with Crippen molar-refractivity contribution in [3.05, 3.63) is 10.0 Å². The second-order valence-corrected chi connectivity index (χ2v) is 6.79. The van der Waals surface area contributed by atoms with Gasteiger partial charge in [0.1, 0.15) is 5.15 Å². The molecule has 1 atom stereocenters. The van der Waals surface area contributed by atoms with Gasteiger partial charge in [-0.1, -0.05) is 29.9 Å². The van der Waals surface area contributed by atoms with Crippen molar-refractivity contribution < 1.29 is 0 Å². The van der Waals surface area contributed by atoms with Crippen molar-refractivity contribution in [2.24, 2.45) is 0 Å². The molecule has 16 heavy (non-hydrogen) atoms. The zero-order valence-corrected chi connectivity index (χ0v) is 12.2. The van der Waals surface area contributed by atoms with Gasteiger partial charge in [0.25, 0.3) is 0 Å². The minimum absolute atomic E-state index is 0.455. The number of hydrogen-bond acceptors (Lipinski definition) is 4. The van der Waals surface area contributed by atoms with Gasteiger partial charge in [0.2, 0.25) is 0 Å². The molecular weight excluding hydrogens is 283 g/mol. The second kappa shape index (κ2) is 5.80. The molecule has 0 radical (unpaired) electrons. The molecule has 1 saturated heterocycles. The highest BCUT2D eigenvalue weighted by molar-refractivity contribution is 8.00. The van der Waals surface area contributed by atoms with Crippen LogP contribution >= 0.6 is 46.3 Å². The number of thiazole rings is 1. The zero-order valence-electron chi connectivity index (χ0n) is 9.08. The minimum Gasteiger partial charge on any atom is -0.346 e. The van der Waals surface area contributed by atoms with E-state index in [1.165, 1.54) is 12.2 Å². The summed E-state index contributed by atoms with van der Waals surface area (Å²) in [4.78, 5) is 7.70. The molecule has 2 rings (SSSR count). The Kier molecular flexibility index (Phi) is 4.65. The average Bonchev–Trinajstić information content (AvgIpc) is 2.71. The first-order valence-electron chi connectivity index (χ1n) is 5.32. The molecule has 6 heteroatoms. The number of thioether (sulfide) groups is 1. The van der Waals surface area contributed by atoms with Crippen molar-refractivity contribution >= 4 is 51.4 Å². The molecule has 0 saturated carbocycles. The number of aromatic nitrogens is 1. The van der Waals surface area contributed by atoms with Crippen LogP contribution in [0.15, 0.2) is 0 Å². The molecule has 2 heterocycles. The lowest BCUT2D eigenvalue weighted by Crippen LogP contribution is -2.37. The molecule has 1 aliphatic rings. The molecule has 90 valence electrons. The Hall–Kier alpha value is 0.360. The lowest BCUT2D eigenvalue weighted by molar-refractivity contribution is 0.726. The van der Waals surface area contributed by atoms with Crippen LogP contribution in [0.1, 0.15) is 18.2 Å². The molecule has 0 spiro atoms. The van der Waals surface area contributed by atoms with Crippen molar-refractivity contribution in [1.29, 1.82) is 0 Å². The molecule has 1 aromatic rings.